The molecule has 0 aliphatic rings. The van der Waals surface area contributed by atoms with Crippen molar-refractivity contribution in [3.63, 3.8) is 0 Å². The molecule has 1 unspecified atom stereocenters. The second-order valence-electron chi connectivity index (χ2n) is 17.1. The molecular weight excluding hydrogens is 781 g/mol. The lowest BCUT2D eigenvalue weighted by molar-refractivity contribution is -0.167. The molecule has 0 spiro atoms. The zero-order valence-corrected chi connectivity index (χ0v) is 41.1. The minimum absolute atomic E-state index is 0.107. The van der Waals surface area contributed by atoms with E-state index in [-0.39, 0.29) is 37.5 Å². The molecule has 0 bridgehead atoms. The van der Waals surface area contributed by atoms with E-state index in [0.29, 0.717) is 19.3 Å². The Kier molecular flexibility index (Phi) is 48.5. The lowest BCUT2D eigenvalue weighted by atomic mass is 10.0. The van der Waals surface area contributed by atoms with E-state index >= 15 is 0 Å². The van der Waals surface area contributed by atoms with Crippen LogP contribution in [0.3, 0.4) is 0 Å². The van der Waals surface area contributed by atoms with Gasteiger partial charge in [-0.05, 0) is 77.0 Å². The molecule has 360 valence electrons. The van der Waals surface area contributed by atoms with Gasteiger partial charge in [0.05, 0.1) is 0 Å². The molecule has 0 aromatic heterocycles. The van der Waals surface area contributed by atoms with Crippen LogP contribution in [0.4, 0.5) is 0 Å². The molecule has 0 saturated carbocycles. The van der Waals surface area contributed by atoms with Gasteiger partial charge in [0.1, 0.15) is 13.2 Å². The summed E-state index contributed by atoms with van der Waals surface area (Å²) in [5.41, 5.74) is 0. The topological polar surface area (TPSA) is 78.9 Å². The summed E-state index contributed by atoms with van der Waals surface area (Å²) in [4.78, 5) is 37.9. The van der Waals surface area contributed by atoms with Gasteiger partial charge < -0.3 is 14.2 Å². The van der Waals surface area contributed by atoms with E-state index in [0.717, 1.165) is 89.9 Å². The fourth-order valence-electron chi connectivity index (χ4n) is 6.98. The number of allylic oxidation sites excluding steroid dienone is 14. The summed E-state index contributed by atoms with van der Waals surface area (Å²) in [6, 6.07) is 0. The predicted molar refractivity (Wildman–Crippen MR) is 270 cm³/mol. The van der Waals surface area contributed by atoms with Crippen molar-refractivity contribution in [2.24, 2.45) is 0 Å². The zero-order valence-electron chi connectivity index (χ0n) is 41.1. The van der Waals surface area contributed by atoms with Crippen molar-refractivity contribution in [3.8, 4) is 0 Å². The van der Waals surface area contributed by atoms with E-state index in [2.05, 4.69) is 106 Å². The second-order valence-corrected chi connectivity index (χ2v) is 17.1. The molecule has 1 atom stereocenters. The summed E-state index contributed by atoms with van der Waals surface area (Å²) >= 11 is 0. The lowest BCUT2D eigenvalue weighted by Gasteiger charge is -2.18. The average molecular weight is 877 g/mol. The predicted octanol–water partition coefficient (Wildman–Crippen LogP) is 17.2. The van der Waals surface area contributed by atoms with Crippen LogP contribution in [0.15, 0.2) is 85.1 Å². The quantitative estimate of drug-likeness (QED) is 0.0199. The first-order valence-electron chi connectivity index (χ1n) is 26.1. The van der Waals surface area contributed by atoms with Gasteiger partial charge in [0.25, 0.3) is 0 Å². The van der Waals surface area contributed by atoms with Gasteiger partial charge in [-0.2, -0.15) is 0 Å². The van der Waals surface area contributed by atoms with Crippen LogP contribution in [-0.2, 0) is 28.6 Å². The Labute approximate surface area is 388 Å². The lowest BCUT2D eigenvalue weighted by Crippen LogP contribution is -2.30. The average Bonchev–Trinajstić information content (AvgIpc) is 3.28. The maximum atomic E-state index is 12.8. The third-order valence-electron chi connectivity index (χ3n) is 10.9. The normalized spacial score (nSPS) is 12.7. The molecular formula is C57H96O6. The Morgan fingerprint density at radius 3 is 1.16 bits per heavy atom. The fraction of sp³-hybridized carbons (Fsp3) is 0.702. The monoisotopic (exact) mass is 877 g/mol. The molecule has 0 aromatic carbocycles. The summed E-state index contributed by atoms with van der Waals surface area (Å²) in [5.74, 6) is -0.991. The van der Waals surface area contributed by atoms with Crippen molar-refractivity contribution in [2.75, 3.05) is 13.2 Å². The van der Waals surface area contributed by atoms with Gasteiger partial charge >= 0.3 is 17.9 Å². The smallest absolute Gasteiger partial charge is 0.306 e. The molecule has 0 heterocycles. The number of rotatable bonds is 46. The Morgan fingerprint density at radius 2 is 0.698 bits per heavy atom. The third-order valence-corrected chi connectivity index (χ3v) is 10.9. The van der Waals surface area contributed by atoms with Gasteiger partial charge in [-0.25, -0.2) is 0 Å². The van der Waals surface area contributed by atoms with E-state index in [1.165, 1.54) is 103 Å². The van der Waals surface area contributed by atoms with Gasteiger partial charge in [0.2, 0.25) is 0 Å². The number of esters is 3. The summed E-state index contributed by atoms with van der Waals surface area (Å²) in [5, 5.41) is 0. The van der Waals surface area contributed by atoms with Crippen LogP contribution in [-0.4, -0.2) is 37.2 Å². The molecule has 0 aliphatic carbocycles. The Balaban J connectivity index is 4.46. The summed E-state index contributed by atoms with van der Waals surface area (Å²) in [6.45, 7) is 6.40. The van der Waals surface area contributed by atoms with E-state index in [4.69, 9.17) is 14.2 Å². The van der Waals surface area contributed by atoms with Crippen molar-refractivity contribution in [1.82, 2.24) is 0 Å². The first kappa shape index (κ1) is 59.6. The highest BCUT2D eigenvalue weighted by Gasteiger charge is 2.19. The Morgan fingerprint density at radius 1 is 0.349 bits per heavy atom. The fourth-order valence-corrected chi connectivity index (χ4v) is 6.98. The largest absolute Gasteiger partial charge is 0.462 e. The van der Waals surface area contributed by atoms with Gasteiger partial charge in [-0.1, -0.05) is 228 Å². The molecule has 63 heavy (non-hydrogen) atoms. The van der Waals surface area contributed by atoms with Gasteiger partial charge in [-0.15, -0.1) is 0 Å². The number of carbonyl (C=O) groups excluding carboxylic acids is 3. The molecule has 0 aliphatic heterocycles. The van der Waals surface area contributed by atoms with E-state index in [1.54, 1.807) is 0 Å². The summed E-state index contributed by atoms with van der Waals surface area (Å²) in [7, 11) is 0. The van der Waals surface area contributed by atoms with Crippen molar-refractivity contribution >= 4 is 17.9 Å². The number of hydrogen-bond acceptors (Lipinski definition) is 6. The molecule has 6 nitrogen and oxygen atoms in total. The minimum atomic E-state index is -0.808. The third kappa shape index (κ3) is 49.5. The summed E-state index contributed by atoms with van der Waals surface area (Å²) < 4.78 is 16.7. The maximum Gasteiger partial charge on any atom is 0.306 e. The first-order valence-corrected chi connectivity index (χ1v) is 26.1. The van der Waals surface area contributed by atoms with E-state index in [1.807, 2.05) is 0 Å². The minimum Gasteiger partial charge on any atom is -0.462 e. The van der Waals surface area contributed by atoms with Gasteiger partial charge in [-0.3, -0.25) is 14.4 Å². The summed E-state index contributed by atoms with van der Waals surface area (Å²) in [6.07, 6.45) is 65.8. The molecule has 0 aromatic rings. The highest BCUT2D eigenvalue weighted by molar-refractivity contribution is 5.71. The van der Waals surface area contributed by atoms with Crippen LogP contribution in [0.2, 0.25) is 0 Å². The Bertz CT molecular complexity index is 1240. The maximum absolute atomic E-state index is 12.8. The number of unbranched alkanes of at least 4 members (excludes halogenated alkanes) is 22. The molecule has 6 heteroatoms. The van der Waals surface area contributed by atoms with Crippen molar-refractivity contribution in [2.45, 2.75) is 245 Å². The van der Waals surface area contributed by atoms with Crippen LogP contribution in [0.5, 0.6) is 0 Å². The zero-order chi connectivity index (χ0) is 45.8. The molecule has 0 amide bonds. The van der Waals surface area contributed by atoms with E-state index < -0.39 is 6.10 Å². The van der Waals surface area contributed by atoms with Crippen LogP contribution in [0.25, 0.3) is 0 Å². The number of hydrogen-bond donors (Lipinski definition) is 0. The highest BCUT2D eigenvalue weighted by atomic mass is 16.6. The molecule has 0 fully saturated rings. The SMILES string of the molecule is CC/C=C\C/C=C\C/C=C\C/C=C\C/C=C\CCCC(=O)OCC(COC(=O)CCCCC/C=C\C=C/CCCC)OC(=O)CCCCCCCCCCCCCCCCCCC. The van der Waals surface area contributed by atoms with Crippen LogP contribution >= 0.6 is 0 Å². The molecule has 0 radical (unpaired) electrons. The Hall–Kier alpha value is -3.41. The van der Waals surface area contributed by atoms with Crippen LogP contribution in [0.1, 0.15) is 239 Å². The molecule has 0 rings (SSSR count). The van der Waals surface area contributed by atoms with E-state index in [9.17, 15) is 14.4 Å². The highest BCUT2D eigenvalue weighted by Crippen LogP contribution is 2.15. The van der Waals surface area contributed by atoms with Crippen LogP contribution < -0.4 is 0 Å². The van der Waals surface area contributed by atoms with Crippen molar-refractivity contribution in [3.05, 3.63) is 85.1 Å². The van der Waals surface area contributed by atoms with Crippen molar-refractivity contribution in [1.29, 1.82) is 0 Å². The molecule has 0 N–H and O–H groups in total. The second kappa shape index (κ2) is 51.2. The van der Waals surface area contributed by atoms with Crippen molar-refractivity contribution < 1.29 is 28.6 Å². The first-order chi connectivity index (χ1) is 31.0. The van der Waals surface area contributed by atoms with Gasteiger partial charge in [0.15, 0.2) is 6.10 Å². The number of ether oxygens (including phenoxy) is 3. The number of carbonyl (C=O) groups is 3. The van der Waals surface area contributed by atoms with Gasteiger partial charge in [0, 0.05) is 19.3 Å². The van der Waals surface area contributed by atoms with Crippen LogP contribution in [0, 0.1) is 0 Å². The molecule has 0 saturated heterocycles. The standard InChI is InChI=1S/C57H96O6/c1-4-7-10-13-16-19-22-24-26-28-30-32-35-38-41-44-47-50-56(59)62-53-54(52-61-55(58)49-46-43-40-37-34-21-18-15-12-9-6-3)63-57(60)51-48-45-42-39-36-33-31-29-27-25-23-20-17-14-11-8-5-2/h7,10,15-16,18-19,21,24,26,30,32,34,38,41,54H,4-6,8-9,11-14,17,20,22-23,25,27-29,31,33,35-37,39-40,42-53H2,1-3H3/b10-7-,18-15-,19-16-,26-24-,32-30-,34-21-,41-38-.